The lowest BCUT2D eigenvalue weighted by Crippen LogP contribution is -2.29. The van der Waals surface area contributed by atoms with Gasteiger partial charge in [0.2, 0.25) is 0 Å². The van der Waals surface area contributed by atoms with Gasteiger partial charge in [-0.2, -0.15) is 0 Å². The monoisotopic (exact) mass is 278 g/mol. The number of nitrogens with two attached hydrogens (primary N) is 1. The standard InChI is InChI=1S/C13H14N2OS2/c1-9-2-4-11(5-3-9)18-8-10-6-7-17-12(10)13(16)15-14/h2-7H,8,14H2,1H3,(H,15,16). The molecular weight excluding hydrogens is 264 g/mol. The van der Waals surface area contributed by atoms with E-state index in [1.165, 1.54) is 21.8 Å². The van der Waals surface area contributed by atoms with Gasteiger partial charge >= 0.3 is 0 Å². The second-order valence-corrected chi connectivity index (χ2v) is 5.82. The number of rotatable bonds is 4. The zero-order chi connectivity index (χ0) is 13.0. The first kappa shape index (κ1) is 13.1. The van der Waals surface area contributed by atoms with Gasteiger partial charge in [-0.1, -0.05) is 17.7 Å². The number of hydrazine groups is 1. The summed E-state index contributed by atoms with van der Waals surface area (Å²) in [5.41, 5.74) is 4.45. The first-order valence-electron chi connectivity index (χ1n) is 5.47. The molecule has 94 valence electrons. The molecule has 0 unspecified atom stereocenters. The predicted molar refractivity (Wildman–Crippen MR) is 76.7 cm³/mol. The van der Waals surface area contributed by atoms with E-state index in [4.69, 9.17) is 5.84 Å². The number of benzene rings is 1. The summed E-state index contributed by atoms with van der Waals surface area (Å²) >= 11 is 3.13. The molecule has 1 aromatic heterocycles. The molecule has 0 spiro atoms. The Kier molecular flexibility index (Phi) is 4.41. The number of thioether (sulfide) groups is 1. The van der Waals surface area contributed by atoms with E-state index in [2.05, 4.69) is 36.6 Å². The minimum absolute atomic E-state index is 0.218. The van der Waals surface area contributed by atoms with E-state index in [1.807, 2.05) is 11.4 Å². The highest BCUT2D eigenvalue weighted by atomic mass is 32.2. The van der Waals surface area contributed by atoms with E-state index in [0.29, 0.717) is 4.88 Å². The Morgan fingerprint density at radius 1 is 1.33 bits per heavy atom. The van der Waals surface area contributed by atoms with Crippen molar-refractivity contribution < 1.29 is 4.79 Å². The first-order chi connectivity index (χ1) is 8.70. The third-order valence-electron chi connectivity index (χ3n) is 2.50. The van der Waals surface area contributed by atoms with Crippen molar-refractivity contribution >= 4 is 29.0 Å². The molecule has 0 fully saturated rings. The van der Waals surface area contributed by atoms with E-state index < -0.39 is 0 Å². The van der Waals surface area contributed by atoms with Crippen molar-refractivity contribution in [2.45, 2.75) is 17.6 Å². The Morgan fingerprint density at radius 3 is 2.72 bits per heavy atom. The maximum absolute atomic E-state index is 11.5. The van der Waals surface area contributed by atoms with E-state index in [-0.39, 0.29) is 5.91 Å². The summed E-state index contributed by atoms with van der Waals surface area (Å²) in [6.45, 7) is 2.07. The summed E-state index contributed by atoms with van der Waals surface area (Å²) in [6, 6.07) is 10.3. The highest BCUT2D eigenvalue weighted by molar-refractivity contribution is 7.98. The van der Waals surface area contributed by atoms with Crippen LogP contribution in [0, 0.1) is 6.92 Å². The van der Waals surface area contributed by atoms with Gasteiger partial charge in [0.15, 0.2) is 0 Å². The Bertz CT molecular complexity index is 534. The maximum Gasteiger partial charge on any atom is 0.275 e. The number of thiophene rings is 1. The third kappa shape index (κ3) is 3.13. The van der Waals surface area contributed by atoms with Crippen molar-refractivity contribution in [3.05, 3.63) is 51.7 Å². The predicted octanol–water partition coefficient (Wildman–Crippen LogP) is 2.95. The van der Waals surface area contributed by atoms with E-state index >= 15 is 0 Å². The van der Waals surface area contributed by atoms with Crippen LogP contribution in [0.3, 0.4) is 0 Å². The molecule has 0 saturated carbocycles. The SMILES string of the molecule is Cc1ccc(SCc2ccsc2C(=O)NN)cc1. The average molecular weight is 278 g/mol. The molecule has 0 radical (unpaired) electrons. The van der Waals surface area contributed by atoms with Crippen LogP contribution in [0.25, 0.3) is 0 Å². The van der Waals surface area contributed by atoms with Crippen LogP contribution in [0.4, 0.5) is 0 Å². The van der Waals surface area contributed by atoms with Gasteiger partial charge in [0.25, 0.3) is 5.91 Å². The lowest BCUT2D eigenvalue weighted by Gasteiger charge is -2.03. The van der Waals surface area contributed by atoms with Gasteiger partial charge in [-0.05, 0) is 36.1 Å². The summed E-state index contributed by atoms with van der Waals surface area (Å²) < 4.78 is 0. The van der Waals surface area contributed by atoms with Crippen molar-refractivity contribution in [3.63, 3.8) is 0 Å². The number of nitrogens with one attached hydrogen (secondary N) is 1. The molecule has 1 aromatic carbocycles. The van der Waals surface area contributed by atoms with Crippen molar-refractivity contribution in [2.75, 3.05) is 0 Å². The fourth-order valence-electron chi connectivity index (χ4n) is 1.51. The summed E-state index contributed by atoms with van der Waals surface area (Å²) in [5.74, 6) is 5.71. The van der Waals surface area contributed by atoms with Crippen LogP contribution in [0.1, 0.15) is 20.8 Å². The molecule has 1 heterocycles. The molecule has 0 aliphatic carbocycles. The first-order valence-corrected chi connectivity index (χ1v) is 7.34. The Hall–Kier alpha value is -1.30. The minimum atomic E-state index is -0.218. The van der Waals surface area contributed by atoms with Crippen molar-refractivity contribution in [1.82, 2.24) is 5.43 Å². The molecule has 0 atom stereocenters. The number of nitrogen functional groups attached to an aromatic ring is 1. The van der Waals surface area contributed by atoms with Crippen LogP contribution in [0.15, 0.2) is 40.6 Å². The maximum atomic E-state index is 11.5. The van der Waals surface area contributed by atoms with Gasteiger partial charge in [0.1, 0.15) is 0 Å². The van der Waals surface area contributed by atoms with Gasteiger partial charge in [-0.3, -0.25) is 10.2 Å². The largest absolute Gasteiger partial charge is 0.289 e. The molecule has 5 heteroatoms. The number of aryl methyl sites for hydroxylation is 1. The highest BCUT2D eigenvalue weighted by Crippen LogP contribution is 2.27. The molecule has 18 heavy (non-hydrogen) atoms. The second kappa shape index (κ2) is 6.04. The van der Waals surface area contributed by atoms with E-state index in [1.54, 1.807) is 11.8 Å². The quantitative estimate of drug-likeness (QED) is 0.391. The van der Waals surface area contributed by atoms with Gasteiger partial charge in [0, 0.05) is 10.6 Å². The Morgan fingerprint density at radius 2 is 2.06 bits per heavy atom. The van der Waals surface area contributed by atoms with Crippen LogP contribution < -0.4 is 11.3 Å². The van der Waals surface area contributed by atoms with E-state index in [0.717, 1.165) is 11.3 Å². The van der Waals surface area contributed by atoms with Gasteiger partial charge < -0.3 is 0 Å². The Labute approximate surface area is 114 Å². The van der Waals surface area contributed by atoms with Crippen molar-refractivity contribution in [1.29, 1.82) is 0 Å². The Balaban J connectivity index is 2.04. The van der Waals surface area contributed by atoms with Crippen molar-refractivity contribution in [3.8, 4) is 0 Å². The number of hydrogen-bond acceptors (Lipinski definition) is 4. The van der Waals surface area contributed by atoms with Crippen LogP contribution in [0.5, 0.6) is 0 Å². The molecule has 1 amide bonds. The number of carbonyl (C=O) groups excluding carboxylic acids is 1. The molecule has 0 saturated heterocycles. The molecule has 0 bridgehead atoms. The molecule has 2 rings (SSSR count). The highest BCUT2D eigenvalue weighted by Gasteiger charge is 2.11. The van der Waals surface area contributed by atoms with Crippen LogP contribution >= 0.6 is 23.1 Å². The fourth-order valence-corrected chi connectivity index (χ4v) is 3.32. The van der Waals surface area contributed by atoms with Crippen LogP contribution in [-0.2, 0) is 5.75 Å². The van der Waals surface area contributed by atoms with Gasteiger partial charge in [-0.15, -0.1) is 23.1 Å². The zero-order valence-corrected chi connectivity index (χ0v) is 11.6. The molecule has 2 aromatic rings. The average Bonchev–Trinajstić information content (AvgIpc) is 2.85. The molecule has 0 aliphatic heterocycles. The van der Waals surface area contributed by atoms with E-state index in [9.17, 15) is 4.79 Å². The van der Waals surface area contributed by atoms with Gasteiger partial charge in [-0.25, -0.2) is 5.84 Å². The lowest BCUT2D eigenvalue weighted by atomic mass is 10.2. The van der Waals surface area contributed by atoms with Crippen molar-refractivity contribution in [2.24, 2.45) is 5.84 Å². The minimum Gasteiger partial charge on any atom is -0.289 e. The van der Waals surface area contributed by atoms with Crippen LogP contribution in [0.2, 0.25) is 0 Å². The van der Waals surface area contributed by atoms with Crippen LogP contribution in [-0.4, -0.2) is 5.91 Å². The molecule has 3 nitrogen and oxygen atoms in total. The number of hydrogen-bond donors (Lipinski definition) is 2. The summed E-state index contributed by atoms with van der Waals surface area (Å²) in [4.78, 5) is 13.4. The summed E-state index contributed by atoms with van der Waals surface area (Å²) in [5, 5.41) is 1.91. The number of carbonyl (C=O) groups is 1. The molecule has 0 aliphatic rings. The third-order valence-corrected chi connectivity index (χ3v) is 4.52. The molecular formula is C13H14N2OS2. The molecule has 3 N–H and O–H groups in total. The second-order valence-electron chi connectivity index (χ2n) is 3.85. The number of amides is 1. The normalized spacial score (nSPS) is 10.3. The van der Waals surface area contributed by atoms with Gasteiger partial charge in [0.05, 0.1) is 4.88 Å². The fraction of sp³-hybridized carbons (Fsp3) is 0.154. The lowest BCUT2D eigenvalue weighted by molar-refractivity contribution is 0.0957. The zero-order valence-electron chi connectivity index (χ0n) is 9.97. The summed E-state index contributed by atoms with van der Waals surface area (Å²) in [6.07, 6.45) is 0. The summed E-state index contributed by atoms with van der Waals surface area (Å²) in [7, 11) is 0. The smallest absolute Gasteiger partial charge is 0.275 e. The topological polar surface area (TPSA) is 55.1 Å².